The molecule has 1 aromatic rings. The van der Waals surface area contributed by atoms with E-state index < -0.39 is 9.84 Å². The Morgan fingerprint density at radius 3 is 2.56 bits per heavy atom. The number of aliphatic imine (C=N–C) groups is 1. The predicted molar refractivity (Wildman–Crippen MR) is 111 cm³/mol. The van der Waals surface area contributed by atoms with Gasteiger partial charge in [0, 0.05) is 58.3 Å². The van der Waals surface area contributed by atoms with Crippen LogP contribution in [0.2, 0.25) is 0 Å². The highest BCUT2D eigenvalue weighted by atomic mass is 32.2. The zero-order valence-corrected chi connectivity index (χ0v) is 17.6. The Morgan fingerprint density at radius 1 is 1.30 bits per heavy atom. The Balaban J connectivity index is 1.80. The van der Waals surface area contributed by atoms with Crippen molar-refractivity contribution in [3.8, 4) is 0 Å². The molecule has 0 radical (unpaired) electrons. The number of likely N-dealkylation sites (N-methyl/N-ethyl adjacent to an activating group) is 1. The van der Waals surface area contributed by atoms with Gasteiger partial charge >= 0.3 is 0 Å². The minimum Gasteiger partial charge on any atom is -0.354 e. The van der Waals surface area contributed by atoms with Crippen LogP contribution in [0.1, 0.15) is 18.9 Å². The van der Waals surface area contributed by atoms with Gasteiger partial charge < -0.3 is 20.4 Å². The van der Waals surface area contributed by atoms with Crippen LogP contribution < -0.4 is 15.5 Å². The summed E-state index contributed by atoms with van der Waals surface area (Å²) < 4.78 is 22.5. The first-order valence-electron chi connectivity index (χ1n) is 9.30. The molecule has 0 bridgehead atoms. The van der Waals surface area contributed by atoms with E-state index in [1.165, 1.54) is 6.26 Å². The lowest BCUT2D eigenvalue weighted by atomic mass is 10.2. The fourth-order valence-corrected chi connectivity index (χ4v) is 3.60. The summed E-state index contributed by atoms with van der Waals surface area (Å²) in [4.78, 5) is 13.4. The fraction of sp³-hybridized carbons (Fsp3) is 0.667. The lowest BCUT2D eigenvalue weighted by molar-refractivity contribution is 0.312. The number of aromatic nitrogens is 1. The maximum absolute atomic E-state index is 11.3. The molecule has 1 unspecified atom stereocenters. The molecular formula is C18H32N6O2S. The third kappa shape index (κ3) is 7.72. The fourth-order valence-electron chi connectivity index (χ4n) is 2.82. The van der Waals surface area contributed by atoms with Crippen molar-refractivity contribution in [2.75, 3.05) is 57.2 Å². The summed E-state index contributed by atoms with van der Waals surface area (Å²) in [6, 6.07) is 4.16. The average Bonchev–Trinajstić information content (AvgIpc) is 2.64. The Bertz CT molecular complexity index is 712. The zero-order chi connectivity index (χ0) is 19.9. The second-order valence-electron chi connectivity index (χ2n) is 7.20. The Morgan fingerprint density at radius 2 is 2.00 bits per heavy atom. The Kier molecular flexibility index (Phi) is 7.85. The summed E-state index contributed by atoms with van der Waals surface area (Å²) in [5, 5.41) is 6.47. The van der Waals surface area contributed by atoms with Gasteiger partial charge in [-0.15, -0.1) is 0 Å². The number of nitrogens with one attached hydrogen (secondary N) is 2. The highest BCUT2D eigenvalue weighted by Gasteiger charge is 2.15. The highest BCUT2D eigenvalue weighted by Crippen LogP contribution is 2.13. The van der Waals surface area contributed by atoms with Crippen LogP contribution in [-0.4, -0.2) is 82.6 Å². The normalized spacial score (nSPS) is 17.6. The molecule has 8 nitrogen and oxygen atoms in total. The van der Waals surface area contributed by atoms with Crippen molar-refractivity contribution in [2.24, 2.45) is 4.99 Å². The van der Waals surface area contributed by atoms with E-state index in [4.69, 9.17) is 0 Å². The second kappa shape index (κ2) is 9.89. The summed E-state index contributed by atoms with van der Waals surface area (Å²) >= 11 is 0. The highest BCUT2D eigenvalue weighted by molar-refractivity contribution is 7.90. The second-order valence-corrected chi connectivity index (χ2v) is 9.46. The summed E-state index contributed by atoms with van der Waals surface area (Å²) in [6.07, 6.45) is 3.69. The van der Waals surface area contributed by atoms with E-state index in [-0.39, 0.29) is 11.8 Å². The Labute approximate surface area is 163 Å². The third-order valence-corrected chi connectivity index (χ3v) is 5.60. The monoisotopic (exact) mass is 396 g/mol. The van der Waals surface area contributed by atoms with Crippen molar-refractivity contribution in [3.63, 3.8) is 0 Å². The molecule has 2 N–H and O–H groups in total. The van der Waals surface area contributed by atoms with Crippen LogP contribution >= 0.6 is 0 Å². The van der Waals surface area contributed by atoms with Gasteiger partial charge in [0.05, 0.1) is 5.75 Å². The molecule has 0 aromatic carbocycles. The zero-order valence-electron chi connectivity index (χ0n) is 16.8. The summed E-state index contributed by atoms with van der Waals surface area (Å²) in [7, 11) is 0.894. The van der Waals surface area contributed by atoms with E-state index in [0.717, 1.165) is 37.6 Å². The number of sulfone groups is 1. The van der Waals surface area contributed by atoms with Crippen LogP contribution in [0, 0.1) is 0 Å². The van der Waals surface area contributed by atoms with E-state index in [1.54, 1.807) is 7.05 Å². The summed E-state index contributed by atoms with van der Waals surface area (Å²) in [5.41, 5.74) is 1.07. The van der Waals surface area contributed by atoms with Crippen molar-refractivity contribution in [3.05, 3.63) is 23.9 Å². The van der Waals surface area contributed by atoms with Gasteiger partial charge in [0.15, 0.2) is 5.96 Å². The molecule has 2 heterocycles. The number of piperazine rings is 1. The van der Waals surface area contributed by atoms with Crippen molar-refractivity contribution in [2.45, 2.75) is 25.9 Å². The van der Waals surface area contributed by atoms with Crippen LogP contribution in [0.5, 0.6) is 0 Å². The molecule has 0 amide bonds. The molecule has 0 saturated carbocycles. The minimum atomic E-state index is -2.95. The molecule has 1 aliphatic heterocycles. The minimum absolute atomic E-state index is 0.0173. The molecule has 9 heteroatoms. The summed E-state index contributed by atoms with van der Waals surface area (Å²) in [5.74, 6) is 1.83. The third-order valence-electron chi connectivity index (χ3n) is 4.62. The van der Waals surface area contributed by atoms with E-state index in [9.17, 15) is 8.42 Å². The van der Waals surface area contributed by atoms with Crippen molar-refractivity contribution in [1.82, 2.24) is 20.5 Å². The van der Waals surface area contributed by atoms with E-state index >= 15 is 0 Å². The molecule has 1 fully saturated rings. The lowest BCUT2D eigenvalue weighted by Gasteiger charge is -2.33. The first-order valence-corrected chi connectivity index (χ1v) is 11.4. The molecule has 1 aliphatic rings. The van der Waals surface area contributed by atoms with Crippen molar-refractivity contribution < 1.29 is 8.42 Å². The predicted octanol–water partition coefficient (Wildman–Crippen LogP) is 0.322. The molecule has 1 atom stereocenters. The van der Waals surface area contributed by atoms with Crippen LogP contribution in [0.4, 0.5) is 5.82 Å². The van der Waals surface area contributed by atoms with Gasteiger partial charge in [0.2, 0.25) is 0 Å². The average molecular weight is 397 g/mol. The smallest absolute Gasteiger partial charge is 0.191 e. The Hall–Kier alpha value is -1.87. The molecule has 0 aliphatic carbocycles. The van der Waals surface area contributed by atoms with E-state index in [0.29, 0.717) is 18.9 Å². The summed E-state index contributed by atoms with van der Waals surface area (Å²) in [6.45, 7) is 6.68. The van der Waals surface area contributed by atoms with Gasteiger partial charge in [-0.05, 0) is 32.0 Å². The number of anilines is 1. The van der Waals surface area contributed by atoms with Crippen LogP contribution in [-0.2, 0) is 16.4 Å². The molecule has 1 aromatic heterocycles. The lowest BCUT2D eigenvalue weighted by Crippen LogP contribution is -2.44. The molecule has 0 spiro atoms. The number of hydrogen-bond donors (Lipinski definition) is 2. The van der Waals surface area contributed by atoms with Crippen molar-refractivity contribution in [1.29, 1.82) is 0 Å². The van der Waals surface area contributed by atoms with Crippen LogP contribution in [0.3, 0.4) is 0 Å². The largest absolute Gasteiger partial charge is 0.354 e. The van der Waals surface area contributed by atoms with Gasteiger partial charge in [-0.2, -0.15) is 0 Å². The van der Waals surface area contributed by atoms with Gasteiger partial charge in [-0.1, -0.05) is 6.07 Å². The number of hydrogen-bond acceptors (Lipinski definition) is 6. The SMILES string of the molecule is CN=C(NCc1ccc(N2CCN(C)CC2)nc1)NC(C)CCS(C)(=O)=O. The van der Waals surface area contributed by atoms with E-state index in [1.807, 2.05) is 13.1 Å². The van der Waals surface area contributed by atoms with Gasteiger partial charge in [0.1, 0.15) is 15.7 Å². The van der Waals surface area contributed by atoms with Crippen LogP contribution in [0.15, 0.2) is 23.3 Å². The molecule has 1 saturated heterocycles. The maximum atomic E-state index is 11.3. The van der Waals surface area contributed by atoms with Gasteiger partial charge in [0.25, 0.3) is 0 Å². The van der Waals surface area contributed by atoms with Crippen LogP contribution in [0.25, 0.3) is 0 Å². The van der Waals surface area contributed by atoms with Gasteiger partial charge in [-0.25, -0.2) is 13.4 Å². The molecular weight excluding hydrogens is 364 g/mol. The quantitative estimate of drug-likeness (QED) is 0.507. The van der Waals surface area contributed by atoms with Crippen molar-refractivity contribution >= 4 is 21.6 Å². The standard InChI is InChI=1S/C18H32N6O2S/c1-15(7-12-27(4,25)26)22-18(19-2)21-14-16-5-6-17(20-13-16)24-10-8-23(3)9-11-24/h5-6,13,15H,7-12,14H2,1-4H3,(H2,19,21,22). The molecule has 2 rings (SSSR count). The van der Waals surface area contributed by atoms with Gasteiger partial charge in [-0.3, -0.25) is 4.99 Å². The number of guanidine groups is 1. The van der Waals surface area contributed by atoms with E-state index in [2.05, 4.69) is 49.6 Å². The first kappa shape index (κ1) is 21.4. The number of pyridine rings is 1. The maximum Gasteiger partial charge on any atom is 0.191 e. The first-order chi connectivity index (χ1) is 12.8. The molecule has 27 heavy (non-hydrogen) atoms. The number of rotatable bonds is 7. The number of nitrogens with zero attached hydrogens (tertiary/aromatic N) is 4. The topological polar surface area (TPSA) is 89.9 Å². The molecule has 152 valence electrons.